The molecule has 0 spiro atoms. The van der Waals surface area contributed by atoms with Crippen molar-refractivity contribution >= 4 is 17.5 Å². The lowest BCUT2D eigenvalue weighted by Crippen LogP contribution is -2.43. The van der Waals surface area contributed by atoms with Gasteiger partial charge in [0.25, 0.3) is 11.8 Å². The smallest absolute Gasteiger partial charge is 0.260 e. The van der Waals surface area contributed by atoms with Crippen LogP contribution < -0.4 is 19.5 Å². The van der Waals surface area contributed by atoms with Gasteiger partial charge in [0.05, 0.1) is 20.3 Å². The molecule has 8 nitrogen and oxygen atoms in total. The van der Waals surface area contributed by atoms with Gasteiger partial charge in [-0.1, -0.05) is 30.3 Å². The molecule has 0 aliphatic carbocycles. The quantitative estimate of drug-likeness (QED) is 0.506. The van der Waals surface area contributed by atoms with Gasteiger partial charge in [-0.15, -0.1) is 0 Å². The fraction of sp³-hybridized carbons (Fsp3) is 0.259. The van der Waals surface area contributed by atoms with Crippen molar-refractivity contribution in [3.63, 3.8) is 0 Å². The molecule has 1 aliphatic heterocycles. The Balaban J connectivity index is 1.31. The topological polar surface area (TPSA) is 86.3 Å². The van der Waals surface area contributed by atoms with E-state index in [2.05, 4.69) is 5.32 Å². The van der Waals surface area contributed by atoms with Crippen molar-refractivity contribution in [2.24, 2.45) is 0 Å². The molecule has 3 aromatic rings. The van der Waals surface area contributed by atoms with Gasteiger partial charge in [-0.2, -0.15) is 0 Å². The maximum atomic E-state index is 12.8. The molecule has 0 atom stereocenters. The molecule has 4 rings (SSSR count). The first kappa shape index (κ1) is 24.1. The van der Waals surface area contributed by atoms with E-state index in [1.807, 2.05) is 42.5 Å². The standard InChI is InChI=1S/C27H28N2O6/c1-32-25-17-21(7-12-24(25)35-19-26(30)29-13-15-33-16-14-29)27(31)28-22-8-10-23(11-9-22)34-18-20-5-3-2-4-6-20/h2-12,17H,13-16,18-19H2,1H3,(H,28,31). The van der Waals surface area contributed by atoms with E-state index in [4.69, 9.17) is 18.9 Å². The molecule has 1 heterocycles. The number of carbonyl (C=O) groups excluding carboxylic acids is 2. The number of benzene rings is 3. The molecule has 0 radical (unpaired) electrons. The number of nitrogens with one attached hydrogen (secondary N) is 1. The minimum absolute atomic E-state index is 0.111. The molecule has 1 saturated heterocycles. The van der Waals surface area contributed by atoms with Gasteiger partial charge >= 0.3 is 0 Å². The predicted octanol–water partition coefficient (Wildman–Crippen LogP) is 3.76. The molecule has 3 aromatic carbocycles. The second-order valence-corrected chi connectivity index (χ2v) is 7.90. The van der Waals surface area contributed by atoms with Crippen molar-refractivity contribution in [2.45, 2.75) is 6.61 Å². The van der Waals surface area contributed by atoms with E-state index in [0.29, 0.717) is 61.4 Å². The predicted molar refractivity (Wildman–Crippen MR) is 131 cm³/mol. The first-order valence-electron chi connectivity index (χ1n) is 11.4. The zero-order chi connectivity index (χ0) is 24.5. The van der Waals surface area contributed by atoms with Gasteiger partial charge in [-0.3, -0.25) is 9.59 Å². The molecule has 8 heteroatoms. The molecule has 1 fully saturated rings. The summed E-state index contributed by atoms with van der Waals surface area (Å²) in [6, 6.07) is 21.9. The highest BCUT2D eigenvalue weighted by Gasteiger charge is 2.18. The van der Waals surface area contributed by atoms with Crippen molar-refractivity contribution in [2.75, 3.05) is 45.3 Å². The molecule has 1 N–H and O–H groups in total. The van der Waals surface area contributed by atoms with Gasteiger partial charge in [0.1, 0.15) is 12.4 Å². The fourth-order valence-electron chi connectivity index (χ4n) is 3.55. The Kier molecular flexibility index (Phi) is 8.19. The molecule has 0 aromatic heterocycles. The van der Waals surface area contributed by atoms with Gasteiger partial charge in [0.15, 0.2) is 18.1 Å². The number of morpholine rings is 1. The highest BCUT2D eigenvalue weighted by atomic mass is 16.5. The third-order valence-electron chi connectivity index (χ3n) is 5.50. The van der Waals surface area contributed by atoms with Crippen LogP contribution in [0.3, 0.4) is 0 Å². The molecular weight excluding hydrogens is 448 g/mol. The molecule has 1 aliphatic rings. The van der Waals surface area contributed by atoms with Crippen LogP contribution in [0.1, 0.15) is 15.9 Å². The number of methoxy groups -OCH3 is 1. The number of carbonyl (C=O) groups is 2. The zero-order valence-corrected chi connectivity index (χ0v) is 19.6. The third kappa shape index (κ3) is 6.74. The van der Waals surface area contributed by atoms with Gasteiger partial charge in [-0.25, -0.2) is 0 Å². The van der Waals surface area contributed by atoms with Crippen molar-refractivity contribution in [3.05, 3.63) is 83.9 Å². The summed E-state index contributed by atoms with van der Waals surface area (Å²) in [5.41, 5.74) is 2.12. The Morgan fingerprint density at radius 2 is 1.66 bits per heavy atom. The number of nitrogens with zero attached hydrogens (tertiary/aromatic N) is 1. The monoisotopic (exact) mass is 476 g/mol. The Morgan fingerprint density at radius 1 is 0.914 bits per heavy atom. The molecule has 2 amide bonds. The molecule has 35 heavy (non-hydrogen) atoms. The SMILES string of the molecule is COc1cc(C(=O)Nc2ccc(OCc3ccccc3)cc2)ccc1OCC(=O)N1CCOCC1. The second kappa shape index (κ2) is 11.9. The number of amides is 2. The first-order valence-corrected chi connectivity index (χ1v) is 11.4. The number of hydrogen-bond acceptors (Lipinski definition) is 6. The van der Waals surface area contributed by atoms with E-state index < -0.39 is 0 Å². The summed E-state index contributed by atoms with van der Waals surface area (Å²) in [5, 5.41) is 2.86. The van der Waals surface area contributed by atoms with E-state index in [9.17, 15) is 9.59 Å². The van der Waals surface area contributed by atoms with Crippen LogP contribution in [-0.2, 0) is 16.1 Å². The molecule has 0 saturated carbocycles. The number of rotatable bonds is 9. The highest BCUT2D eigenvalue weighted by molar-refractivity contribution is 6.04. The summed E-state index contributed by atoms with van der Waals surface area (Å²) in [7, 11) is 1.49. The molecule has 0 bridgehead atoms. The molecule has 0 unspecified atom stereocenters. The van der Waals surface area contributed by atoms with Crippen molar-refractivity contribution in [1.82, 2.24) is 4.90 Å². The fourth-order valence-corrected chi connectivity index (χ4v) is 3.55. The van der Waals surface area contributed by atoms with Crippen LogP contribution in [0.2, 0.25) is 0 Å². The average Bonchev–Trinajstić information content (AvgIpc) is 2.92. The lowest BCUT2D eigenvalue weighted by Gasteiger charge is -2.26. The van der Waals surface area contributed by atoms with Gasteiger partial charge in [0.2, 0.25) is 0 Å². The second-order valence-electron chi connectivity index (χ2n) is 7.90. The normalized spacial score (nSPS) is 13.1. The summed E-state index contributed by atoms with van der Waals surface area (Å²) in [4.78, 5) is 26.8. The molecule has 182 valence electrons. The van der Waals surface area contributed by atoms with Crippen LogP contribution in [0.4, 0.5) is 5.69 Å². The number of hydrogen-bond donors (Lipinski definition) is 1. The zero-order valence-electron chi connectivity index (χ0n) is 19.6. The Morgan fingerprint density at radius 3 is 2.37 bits per heavy atom. The number of ether oxygens (including phenoxy) is 4. The van der Waals surface area contributed by atoms with Gasteiger partial charge in [-0.05, 0) is 48.0 Å². The maximum absolute atomic E-state index is 12.8. The summed E-state index contributed by atoms with van der Waals surface area (Å²) in [6.07, 6.45) is 0. The average molecular weight is 477 g/mol. The van der Waals surface area contributed by atoms with Crippen LogP contribution in [0.25, 0.3) is 0 Å². The van der Waals surface area contributed by atoms with E-state index in [1.165, 1.54) is 7.11 Å². The minimum atomic E-state index is -0.294. The van der Waals surface area contributed by atoms with Gasteiger partial charge in [0, 0.05) is 24.3 Å². The lowest BCUT2D eigenvalue weighted by atomic mass is 10.1. The largest absolute Gasteiger partial charge is 0.493 e. The van der Waals surface area contributed by atoms with E-state index >= 15 is 0 Å². The Labute approximate surface area is 204 Å². The van der Waals surface area contributed by atoms with Crippen LogP contribution in [0.5, 0.6) is 17.2 Å². The van der Waals surface area contributed by atoms with Crippen LogP contribution in [0.15, 0.2) is 72.8 Å². The van der Waals surface area contributed by atoms with Crippen LogP contribution in [-0.4, -0.2) is 56.7 Å². The van der Waals surface area contributed by atoms with Crippen molar-refractivity contribution in [3.8, 4) is 17.2 Å². The van der Waals surface area contributed by atoms with E-state index in [-0.39, 0.29) is 18.4 Å². The summed E-state index contributed by atoms with van der Waals surface area (Å²) < 4.78 is 22.1. The van der Waals surface area contributed by atoms with Gasteiger partial charge < -0.3 is 29.2 Å². The Bertz CT molecular complexity index is 1130. The Hall–Kier alpha value is -4.04. The van der Waals surface area contributed by atoms with Crippen LogP contribution in [0, 0.1) is 0 Å². The van der Waals surface area contributed by atoms with Crippen molar-refractivity contribution < 1.29 is 28.5 Å². The van der Waals surface area contributed by atoms with Crippen molar-refractivity contribution in [1.29, 1.82) is 0 Å². The maximum Gasteiger partial charge on any atom is 0.260 e. The summed E-state index contributed by atoms with van der Waals surface area (Å²) in [6.45, 7) is 2.53. The number of anilines is 1. The van der Waals surface area contributed by atoms with E-state index in [1.54, 1.807) is 35.2 Å². The minimum Gasteiger partial charge on any atom is -0.493 e. The lowest BCUT2D eigenvalue weighted by molar-refractivity contribution is -0.137. The highest BCUT2D eigenvalue weighted by Crippen LogP contribution is 2.29. The third-order valence-corrected chi connectivity index (χ3v) is 5.50. The summed E-state index contributed by atoms with van der Waals surface area (Å²) >= 11 is 0. The van der Waals surface area contributed by atoms with E-state index in [0.717, 1.165) is 5.56 Å². The van der Waals surface area contributed by atoms with Crippen LogP contribution >= 0.6 is 0 Å². The summed E-state index contributed by atoms with van der Waals surface area (Å²) in [5.74, 6) is 1.06. The first-order chi connectivity index (χ1) is 17.1. The molecular formula is C27H28N2O6.